The largest absolute Gasteiger partial charge is 0.450 e. The van der Waals surface area contributed by atoms with E-state index in [0.717, 1.165) is 11.1 Å². The summed E-state index contributed by atoms with van der Waals surface area (Å²) < 4.78 is 5.67. The van der Waals surface area contributed by atoms with Gasteiger partial charge in [-0.3, -0.25) is 10.1 Å². The minimum atomic E-state index is -0.492. The van der Waals surface area contributed by atoms with Crippen LogP contribution in [0.5, 0.6) is 11.5 Å². The van der Waals surface area contributed by atoms with Gasteiger partial charge in [-0.05, 0) is 19.1 Å². The summed E-state index contributed by atoms with van der Waals surface area (Å²) in [5.41, 5.74) is 1.89. The van der Waals surface area contributed by atoms with Crippen LogP contribution in [0.4, 0.5) is 5.69 Å². The van der Waals surface area contributed by atoms with E-state index in [1.54, 1.807) is 6.07 Å². The van der Waals surface area contributed by atoms with Crippen LogP contribution < -0.4 is 4.74 Å². The third-order valence-corrected chi connectivity index (χ3v) is 3.54. The fraction of sp³-hybridized carbons (Fsp3) is 0.143. The summed E-state index contributed by atoms with van der Waals surface area (Å²) in [4.78, 5) is 10.5. The van der Waals surface area contributed by atoms with Gasteiger partial charge in [0.05, 0.1) is 4.92 Å². The molecular weight excluding hydrogens is 346 g/mol. The van der Waals surface area contributed by atoms with E-state index in [4.69, 9.17) is 16.3 Å². The Bertz CT molecular complexity index is 661. The second kappa shape index (κ2) is 6.24. The average molecular weight is 357 g/mol. The number of rotatable bonds is 4. The average Bonchev–Trinajstić information content (AvgIpc) is 2.40. The smallest absolute Gasteiger partial charge is 0.311 e. The van der Waals surface area contributed by atoms with E-state index in [-0.39, 0.29) is 11.4 Å². The van der Waals surface area contributed by atoms with Gasteiger partial charge in [0.15, 0.2) is 0 Å². The molecular formula is C14H11BrClNO3. The molecule has 0 heterocycles. The van der Waals surface area contributed by atoms with Gasteiger partial charge in [-0.15, -0.1) is 0 Å². The predicted octanol–water partition coefficient (Wildman–Crippen LogP) is 5.24. The summed E-state index contributed by atoms with van der Waals surface area (Å²) in [6, 6.07) is 9.87. The third-order valence-electron chi connectivity index (χ3n) is 2.70. The van der Waals surface area contributed by atoms with E-state index in [0.29, 0.717) is 16.1 Å². The van der Waals surface area contributed by atoms with E-state index < -0.39 is 4.92 Å². The van der Waals surface area contributed by atoms with Gasteiger partial charge >= 0.3 is 5.69 Å². The van der Waals surface area contributed by atoms with Crippen molar-refractivity contribution in [2.45, 2.75) is 12.3 Å². The first kappa shape index (κ1) is 14.8. The molecule has 0 saturated carbocycles. The molecule has 0 fully saturated rings. The molecule has 0 aromatic heterocycles. The summed E-state index contributed by atoms with van der Waals surface area (Å²) in [6.45, 7) is 1.97. The molecule has 0 bridgehead atoms. The summed E-state index contributed by atoms with van der Waals surface area (Å²) in [5, 5.41) is 12.0. The number of hydrogen-bond acceptors (Lipinski definition) is 3. The number of nitro groups is 1. The quantitative estimate of drug-likeness (QED) is 0.427. The number of hydrogen-bond donors (Lipinski definition) is 0. The van der Waals surface area contributed by atoms with Crippen molar-refractivity contribution in [3.05, 3.63) is 62.7 Å². The van der Waals surface area contributed by atoms with Gasteiger partial charge in [0.1, 0.15) is 5.75 Å². The number of alkyl halides is 1. The molecule has 20 heavy (non-hydrogen) atoms. The van der Waals surface area contributed by atoms with Crippen LogP contribution in [-0.2, 0) is 5.33 Å². The number of benzene rings is 2. The second-order valence-electron chi connectivity index (χ2n) is 4.22. The molecule has 0 saturated heterocycles. The fourth-order valence-corrected chi connectivity index (χ4v) is 2.35. The normalized spacial score (nSPS) is 10.3. The van der Waals surface area contributed by atoms with Crippen LogP contribution in [0.25, 0.3) is 0 Å². The first-order valence-corrected chi connectivity index (χ1v) is 7.28. The van der Waals surface area contributed by atoms with Gasteiger partial charge in [-0.25, -0.2) is 0 Å². The molecule has 104 valence electrons. The third kappa shape index (κ3) is 3.29. The van der Waals surface area contributed by atoms with Crippen molar-refractivity contribution in [3.63, 3.8) is 0 Å². The van der Waals surface area contributed by atoms with Crippen LogP contribution in [0.3, 0.4) is 0 Å². The Labute approximate surface area is 129 Å². The van der Waals surface area contributed by atoms with Crippen molar-refractivity contribution in [1.82, 2.24) is 0 Å². The molecule has 0 aliphatic carbocycles. The Morgan fingerprint density at radius 1 is 1.25 bits per heavy atom. The van der Waals surface area contributed by atoms with Gasteiger partial charge in [0.2, 0.25) is 5.75 Å². The van der Waals surface area contributed by atoms with Crippen molar-refractivity contribution in [2.75, 3.05) is 0 Å². The Kier molecular flexibility index (Phi) is 4.62. The van der Waals surface area contributed by atoms with E-state index in [1.165, 1.54) is 18.2 Å². The van der Waals surface area contributed by atoms with Crippen molar-refractivity contribution in [1.29, 1.82) is 0 Å². The van der Waals surface area contributed by atoms with E-state index >= 15 is 0 Å². The number of ether oxygens (including phenoxy) is 1. The molecule has 0 atom stereocenters. The van der Waals surface area contributed by atoms with Crippen LogP contribution in [0.2, 0.25) is 5.02 Å². The molecule has 0 spiro atoms. The van der Waals surface area contributed by atoms with E-state index in [1.807, 2.05) is 19.1 Å². The summed E-state index contributed by atoms with van der Waals surface area (Å²) in [5.74, 6) is 0.700. The zero-order valence-electron chi connectivity index (χ0n) is 10.6. The minimum absolute atomic E-state index is 0.115. The molecule has 0 amide bonds. The van der Waals surface area contributed by atoms with Crippen molar-refractivity contribution in [2.24, 2.45) is 0 Å². The van der Waals surface area contributed by atoms with Crippen LogP contribution in [-0.4, -0.2) is 4.92 Å². The minimum Gasteiger partial charge on any atom is -0.450 e. The lowest BCUT2D eigenvalue weighted by molar-refractivity contribution is -0.385. The maximum Gasteiger partial charge on any atom is 0.311 e. The molecule has 6 heteroatoms. The first-order chi connectivity index (χ1) is 9.51. The van der Waals surface area contributed by atoms with E-state index in [2.05, 4.69) is 15.9 Å². The van der Waals surface area contributed by atoms with Crippen LogP contribution in [0.1, 0.15) is 11.1 Å². The monoisotopic (exact) mass is 355 g/mol. The van der Waals surface area contributed by atoms with E-state index in [9.17, 15) is 10.1 Å². The molecule has 0 unspecified atom stereocenters. The summed E-state index contributed by atoms with van der Waals surface area (Å²) >= 11 is 9.25. The maximum atomic E-state index is 11.0. The van der Waals surface area contributed by atoms with Crippen LogP contribution >= 0.6 is 27.5 Å². The van der Waals surface area contributed by atoms with Gasteiger partial charge in [0, 0.05) is 28.0 Å². The lowest BCUT2D eigenvalue weighted by Gasteiger charge is -2.11. The molecule has 0 radical (unpaired) electrons. The standard InChI is InChI=1S/C14H11BrClNO3/c1-9-2-5-13(10(6-9)8-15)20-14-7-11(16)3-4-12(14)17(18)19/h2-7H,8H2,1H3. The molecule has 2 rings (SSSR count). The molecule has 2 aromatic rings. The van der Waals surface area contributed by atoms with Gasteiger partial charge < -0.3 is 4.74 Å². The first-order valence-electron chi connectivity index (χ1n) is 5.78. The number of halogens is 2. The molecule has 2 aromatic carbocycles. The van der Waals surface area contributed by atoms with Gasteiger partial charge in [0.25, 0.3) is 0 Å². The topological polar surface area (TPSA) is 52.4 Å². The van der Waals surface area contributed by atoms with Crippen molar-refractivity contribution in [3.8, 4) is 11.5 Å². The molecule has 4 nitrogen and oxygen atoms in total. The Morgan fingerprint density at radius 3 is 2.65 bits per heavy atom. The summed E-state index contributed by atoms with van der Waals surface area (Å²) in [6.07, 6.45) is 0. The second-order valence-corrected chi connectivity index (χ2v) is 5.21. The highest BCUT2D eigenvalue weighted by atomic mass is 79.9. The van der Waals surface area contributed by atoms with Crippen molar-refractivity contribution >= 4 is 33.2 Å². The van der Waals surface area contributed by atoms with Crippen LogP contribution in [0, 0.1) is 17.0 Å². The zero-order valence-corrected chi connectivity index (χ0v) is 12.9. The predicted molar refractivity (Wildman–Crippen MR) is 82.0 cm³/mol. The maximum absolute atomic E-state index is 11.0. The Morgan fingerprint density at radius 2 is 2.00 bits per heavy atom. The van der Waals surface area contributed by atoms with Crippen LogP contribution in [0.15, 0.2) is 36.4 Å². The molecule has 0 N–H and O–H groups in total. The number of aryl methyl sites for hydroxylation is 1. The zero-order chi connectivity index (χ0) is 14.7. The Hall–Kier alpha value is -1.59. The lowest BCUT2D eigenvalue weighted by Crippen LogP contribution is -1.95. The lowest BCUT2D eigenvalue weighted by atomic mass is 10.1. The van der Waals surface area contributed by atoms with Gasteiger partial charge in [-0.2, -0.15) is 0 Å². The highest BCUT2D eigenvalue weighted by Crippen LogP contribution is 2.35. The van der Waals surface area contributed by atoms with Gasteiger partial charge in [-0.1, -0.05) is 45.2 Å². The highest BCUT2D eigenvalue weighted by Gasteiger charge is 2.17. The van der Waals surface area contributed by atoms with Crippen molar-refractivity contribution < 1.29 is 9.66 Å². The number of nitro benzene ring substituents is 1. The molecule has 0 aliphatic heterocycles. The molecule has 0 aliphatic rings. The number of nitrogens with zero attached hydrogens (tertiary/aromatic N) is 1. The summed E-state index contributed by atoms with van der Waals surface area (Å²) in [7, 11) is 0. The SMILES string of the molecule is Cc1ccc(Oc2cc(Cl)ccc2[N+](=O)[O-])c(CBr)c1. The highest BCUT2D eigenvalue weighted by molar-refractivity contribution is 9.08. The fourth-order valence-electron chi connectivity index (χ4n) is 1.75. The Balaban J connectivity index is 2.44.